The van der Waals surface area contributed by atoms with E-state index in [1.807, 2.05) is 36.2 Å². The van der Waals surface area contributed by atoms with Crippen molar-refractivity contribution in [3.63, 3.8) is 0 Å². The Hall–Kier alpha value is -1.60. The number of nitrogens with zero attached hydrogens (tertiary/aromatic N) is 2. The van der Waals surface area contributed by atoms with Crippen LogP contribution in [0.3, 0.4) is 0 Å². The standard InChI is InChI=1S/C14H18BrN3O3/c1-17(10-13(19)18-7-6-16-14(18)20)8-9-21-12-4-2-11(15)3-5-12/h2-5H,6-10H2,1H3,(H,16,20). The molecule has 0 saturated carbocycles. The van der Waals surface area contributed by atoms with Crippen LogP contribution in [0.2, 0.25) is 0 Å². The second kappa shape index (κ2) is 7.42. The van der Waals surface area contributed by atoms with E-state index in [4.69, 9.17) is 4.74 Å². The molecule has 0 bridgehead atoms. The predicted molar refractivity (Wildman–Crippen MR) is 82.2 cm³/mol. The second-order valence-corrected chi connectivity index (χ2v) is 5.73. The highest BCUT2D eigenvalue weighted by Gasteiger charge is 2.26. The fourth-order valence-corrected chi connectivity index (χ4v) is 2.22. The Morgan fingerprint density at radius 2 is 2.14 bits per heavy atom. The number of carbonyl (C=O) groups is 2. The minimum Gasteiger partial charge on any atom is -0.492 e. The van der Waals surface area contributed by atoms with Gasteiger partial charge in [0.2, 0.25) is 5.91 Å². The molecule has 0 aromatic heterocycles. The quantitative estimate of drug-likeness (QED) is 0.835. The van der Waals surface area contributed by atoms with E-state index in [2.05, 4.69) is 21.2 Å². The van der Waals surface area contributed by atoms with Gasteiger partial charge in [-0.15, -0.1) is 0 Å². The lowest BCUT2D eigenvalue weighted by Gasteiger charge is -2.19. The maximum absolute atomic E-state index is 11.9. The molecule has 1 fully saturated rings. The van der Waals surface area contributed by atoms with Crippen molar-refractivity contribution in [1.29, 1.82) is 0 Å². The van der Waals surface area contributed by atoms with Crippen molar-refractivity contribution in [2.24, 2.45) is 0 Å². The zero-order valence-corrected chi connectivity index (χ0v) is 13.4. The first kappa shape index (κ1) is 15.8. The smallest absolute Gasteiger partial charge is 0.324 e. The van der Waals surface area contributed by atoms with Crippen molar-refractivity contribution in [2.45, 2.75) is 0 Å². The van der Waals surface area contributed by atoms with Gasteiger partial charge in [-0.1, -0.05) is 15.9 Å². The molecule has 21 heavy (non-hydrogen) atoms. The maximum Gasteiger partial charge on any atom is 0.324 e. The van der Waals surface area contributed by atoms with E-state index >= 15 is 0 Å². The molecular weight excluding hydrogens is 338 g/mol. The number of benzene rings is 1. The number of rotatable bonds is 6. The van der Waals surface area contributed by atoms with E-state index < -0.39 is 0 Å². The summed E-state index contributed by atoms with van der Waals surface area (Å²) in [6, 6.07) is 7.27. The number of urea groups is 1. The number of ether oxygens (including phenoxy) is 1. The number of halogens is 1. The first-order chi connectivity index (χ1) is 10.1. The molecule has 0 radical (unpaired) electrons. The highest BCUT2D eigenvalue weighted by atomic mass is 79.9. The average Bonchev–Trinajstić information content (AvgIpc) is 2.87. The summed E-state index contributed by atoms with van der Waals surface area (Å²) in [7, 11) is 1.83. The Balaban J connectivity index is 1.69. The largest absolute Gasteiger partial charge is 0.492 e. The molecule has 1 N–H and O–H groups in total. The second-order valence-electron chi connectivity index (χ2n) is 4.82. The molecular formula is C14H18BrN3O3. The van der Waals surface area contributed by atoms with Crippen LogP contribution in [-0.4, -0.2) is 61.6 Å². The number of imide groups is 1. The molecule has 0 atom stereocenters. The zero-order chi connectivity index (χ0) is 15.2. The van der Waals surface area contributed by atoms with Gasteiger partial charge < -0.3 is 10.1 Å². The summed E-state index contributed by atoms with van der Waals surface area (Å²) in [6.45, 7) is 2.27. The fraction of sp³-hybridized carbons (Fsp3) is 0.429. The van der Waals surface area contributed by atoms with Gasteiger partial charge in [-0.05, 0) is 31.3 Å². The van der Waals surface area contributed by atoms with Crippen molar-refractivity contribution in [3.05, 3.63) is 28.7 Å². The minimum atomic E-state index is -0.306. The first-order valence-electron chi connectivity index (χ1n) is 6.71. The van der Waals surface area contributed by atoms with Crippen LogP contribution in [0.25, 0.3) is 0 Å². The molecule has 1 saturated heterocycles. The molecule has 7 heteroatoms. The summed E-state index contributed by atoms with van der Waals surface area (Å²) in [6.07, 6.45) is 0. The molecule has 1 aliphatic rings. The lowest BCUT2D eigenvalue weighted by Crippen LogP contribution is -2.41. The van der Waals surface area contributed by atoms with Gasteiger partial charge >= 0.3 is 6.03 Å². The molecule has 0 unspecified atom stereocenters. The van der Waals surface area contributed by atoms with Crippen LogP contribution in [-0.2, 0) is 4.79 Å². The summed E-state index contributed by atoms with van der Waals surface area (Å²) < 4.78 is 6.59. The summed E-state index contributed by atoms with van der Waals surface area (Å²) in [4.78, 5) is 26.4. The molecule has 1 aliphatic heterocycles. The molecule has 1 aromatic carbocycles. The minimum absolute atomic E-state index is 0.184. The molecule has 0 aliphatic carbocycles. The van der Waals surface area contributed by atoms with Crippen molar-refractivity contribution >= 4 is 27.9 Å². The molecule has 3 amide bonds. The average molecular weight is 356 g/mol. The Morgan fingerprint density at radius 1 is 1.43 bits per heavy atom. The monoisotopic (exact) mass is 355 g/mol. The van der Waals surface area contributed by atoms with Gasteiger partial charge in [0.15, 0.2) is 0 Å². The molecule has 0 spiro atoms. The van der Waals surface area contributed by atoms with Gasteiger partial charge in [0, 0.05) is 24.1 Å². The van der Waals surface area contributed by atoms with Crippen molar-refractivity contribution in [1.82, 2.24) is 15.1 Å². The van der Waals surface area contributed by atoms with Crippen LogP contribution >= 0.6 is 15.9 Å². The number of hydrogen-bond donors (Lipinski definition) is 1. The number of likely N-dealkylation sites (N-methyl/N-ethyl adjacent to an activating group) is 1. The van der Waals surface area contributed by atoms with Crippen LogP contribution < -0.4 is 10.1 Å². The van der Waals surface area contributed by atoms with Gasteiger partial charge in [-0.25, -0.2) is 4.79 Å². The number of amides is 3. The highest BCUT2D eigenvalue weighted by Crippen LogP contribution is 2.15. The van der Waals surface area contributed by atoms with Gasteiger partial charge in [0.05, 0.1) is 6.54 Å². The summed E-state index contributed by atoms with van der Waals surface area (Å²) in [5.41, 5.74) is 0. The Morgan fingerprint density at radius 3 is 2.76 bits per heavy atom. The third-order valence-corrected chi connectivity index (χ3v) is 3.65. The fourth-order valence-electron chi connectivity index (χ4n) is 1.96. The van der Waals surface area contributed by atoms with Gasteiger partial charge in [0.25, 0.3) is 0 Å². The van der Waals surface area contributed by atoms with E-state index in [1.54, 1.807) is 0 Å². The first-order valence-corrected chi connectivity index (χ1v) is 7.50. The lowest BCUT2D eigenvalue weighted by molar-refractivity contribution is -0.128. The van der Waals surface area contributed by atoms with E-state index in [9.17, 15) is 9.59 Å². The molecule has 1 aromatic rings. The third kappa shape index (κ3) is 4.71. The van der Waals surface area contributed by atoms with Crippen molar-refractivity contribution in [3.8, 4) is 5.75 Å². The molecule has 1 heterocycles. The Labute approximate surface area is 132 Å². The van der Waals surface area contributed by atoms with Crippen LogP contribution in [0.15, 0.2) is 28.7 Å². The predicted octanol–water partition coefficient (Wildman–Crippen LogP) is 1.31. The van der Waals surface area contributed by atoms with Gasteiger partial charge in [-0.2, -0.15) is 0 Å². The molecule has 2 rings (SSSR count). The number of nitrogens with one attached hydrogen (secondary N) is 1. The number of hydrogen-bond acceptors (Lipinski definition) is 4. The Kier molecular flexibility index (Phi) is 5.58. The SMILES string of the molecule is CN(CCOc1ccc(Br)cc1)CC(=O)N1CCNC1=O. The summed E-state index contributed by atoms with van der Waals surface area (Å²) in [5.74, 6) is 0.605. The van der Waals surface area contributed by atoms with Gasteiger partial charge in [-0.3, -0.25) is 14.6 Å². The number of carbonyl (C=O) groups excluding carboxylic acids is 2. The van der Waals surface area contributed by atoms with E-state index in [1.165, 1.54) is 4.90 Å². The third-order valence-electron chi connectivity index (χ3n) is 3.12. The highest BCUT2D eigenvalue weighted by molar-refractivity contribution is 9.10. The van der Waals surface area contributed by atoms with Crippen LogP contribution in [0.4, 0.5) is 4.79 Å². The molecule has 114 valence electrons. The zero-order valence-electron chi connectivity index (χ0n) is 11.8. The van der Waals surface area contributed by atoms with Gasteiger partial charge in [0.1, 0.15) is 12.4 Å². The summed E-state index contributed by atoms with van der Waals surface area (Å²) in [5, 5.41) is 2.61. The molecule has 6 nitrogen and oxygen atoms in total. The maximum atomic E-state index is 11.9. The van der Waals surface area contributed by atoms with E-state index in [0.717, 1.165) is 10.2 Å². The normalized spacial score (nSPS) is 14.4. The summed E-state index contributed by atoms with van der Waals surface area (Å²) >= 11 is 3.36. The van der Waals surface area contributed by atoms with Crippen molar-refractivity contribution < 1.29 is 14.3 Å². The Bertz CT molecular complexity index is 507. The van der Waals surface area contributed by atoms with Crippen LogP contribution in [0.1, 0.15) is 0 Å². The topological polar surface area (TPSA) is 61.9 Å². The van der Waals surface area contributed by atoms with Crippen LogP contribution in [0, 0.1) is 0 Å². The van der Waals surface area contributed by atoms with E-state index in [-0.39, 0.29) is 18.5 Å². The van der Waals surface area contributed by atoms with Crippen molar-refractivity contribution in [2.75, 3.05) is 39.8 Å². The van der Waals surface area contributed by atoms with E-state index in [0.29, 0.717) is 26.2 Å². The lowest BCUT2D eigenvalue weighted by atomic mass is 10.3. The van der Waals surface area contributed by atoms with Crippen LogP contribution in [0.5, 0.6) is 5.75 Å².